The van der Waals surface area contributed by atoms with Crippen molar-refractivity contribution in [3.05, 3.63) is 50.4 Å². The summed E-state index contributed by atoms with van der Waals surface area (Å²) in [7, 11) is 0. The van der Waals surface area contributed by atoms with E-state index in [1.54, 1.807) is 11.3 Å². The van der Waals surface area contributed by atoms with Crippen molar-refractivity contribution in [1.82, 2.24) is 4.98 Å². The topological polar surface area (TPSA) is 33.1 Å². The van der Waals surface area contributed by atoms with Crippen molar-refractivity contribution >= 4 is 27.3 Å². The first kappa shape index (κ1) is 11.8. The standard InChI is InChI=1S/C12H12BrNOS/c13-10-3-1-2-9(6-10)7-12-14-11(4-5-15)8-16-12/h1-3,6,8,15H,4-5,7H2. The van der Waals surface area contributed by atoms with Gasteiger partial charge >= 0.3 is 0 Å². The minimum absolute atomic E-state index is 0.167. The number of aliphatic hydroxyl groups is 1. The van der Waals surface area contributed by atoms with E-state index in [1.807, 2.05) is 17.5 Å². The van der Waals surface area contributed by atoms with E-state index in [0.717, 1.165) is 21.6 Å². The molecule has 1 aromatic carbocycles. The molecule has 84 valence electrons. The maximum Gasteiger partial charge on any atom is 0.0972 e. The first-order valence-electron chi connectivity index (χ1n) is 5.06. The highest BCUT2D eigenvalue weighted by molar-refractivity contribution is 9.10. The van der Waals surface area contributed by atoms with Gasteiger partial charge in [-0.25, -0.2) is 4.98 Å². The van der Waals surface area contributed by atoms with Crippen molar-refractivity contribution < 1.29 is 5.11 Å². The molecule has 1 heterocycles. The summed E-state index contributed by atoms with van der Waals surface area (Å²) in [5, 5.41) is 11.9. The van der Waals surface area contributed by atoms with Gasteiger partial charge in [-0.15, -0.1) is 11.3 Å². The molecule has 16 heavy (non-hydrogen) atoms. The van der Waals surface area contributed by atoms with Crippen molar-refractivity contribution in [1.29, 1.82) is 0 Å². The molecule has 0 saturated heterocycles. The van der Waals surface area contributed by atoms with Crippen LogP contribution in [0.25, 0.3) is 0 Å². The Kier molecular flexibility index (Phi) is 4.09. The monoisotopic (exact) mass is 297 g/mol. The fourth-order valence-corrected chi connectivity index (χ4v) is 2.79. The third-order valence-electron chi connectivity index (χ3n) is 2.21. The van der Waals surface area contributed by atoms with Crippen molar-refractivity contribution in [2.24, 2.45) is 0 Å². The first-order valence-corrected chi connectivity index (χ1v) is 6.74. The van der Waals surface area contributed by atoms with Gasteiger partial charge in [0.05, 0.1) is 10.7 Å². The van der Waals surface area contributed by atoms with Crippen LogP contribution in [0.15, 0.2) is 34.1 Å². The minimum atomic E-state index is 0.167. The van der Waals surface area contributed by atoms with Gasteiger partial charge < -0.3 is 5.11 Å². The molecule has 0 bridgehead atoms. The molecule has 0 unspecified atom stereocenters. The molecule has 0 amide bonds. The van der Waals surface area contributed by atoms with Gasteiger partial charge in [0.2, 0.25) is 0 Å². The highest BCUT2D eigenvalue weighted by Crippen LogP contribution is 2.18. The molecule has 2 rings (SSSR count). The van der Waals surface area contributed by atoms with Crippen LogP contribution in [-0.2, 0) is 12.8 Å². The van der Waals surface area contributed by atoms with Crippen LogP contribution in [0.1, 0.15) is 16.3 Å². The smallest absolute Gasteiger partial charge is 0.0972 e. The summed E-state index contributed by atoms with van der Waals surface area (Å²) in [6, 6.07) is 8.25. The number of hydrogen-bond donors (Lipinski definition) is 1. The van der Waals surface area contributed by atoms with Crippen molar-refractivity contribution in [2.75, 3.05) is 6.61 Å². The van der Waals surface area contributed by atoms with Gasteiger partial charge in [-0.3, -0.25) is 0 Å². The van der Waals surface area contributed by atoms with Gasteiger partial charge in [0.25, 0.3) is 0 Å². The maximum atomic E-state index is 8.81. The third kappa shape index (κ3) is 3.14. The number of hydrogen-bond acceptors (Lipinski definition) is 3. The van der Waals surface area contributed by atoms with Gasteiger partial charge in [-0.05, 0) is 17.7 Å². The number of benzene rings is 1. The van der Waals surface area contributed by atoms with E-state index < -0.39 is 0 Å². The molecule has 0 radical (unpaired) electrons. The lowest BCUT2D eigenvalue weighted by Gasteiger charge is -1.98. The predicted molar refractivity (Wildman–Crippen MR) is 69.9 cm³/mol. The Bertz CT molecular complexity index is 470. The largest absolute Gasteiger partial charge is 0.396 e. The summed E-state index contributed by atoms with van der Waals surface area (Å²) in [5.41, 5.74) is 2.23. The Balaban J connectivity index is 2.08. The van der Waals surface area contributed by atoms with Crippen LogP contribution < -0.4 is 0 Å². The van der Waals surface area contributed by atoms with E-state index in [0.29, 0.717) is 6.42 Å². The van der Waals surface area contributed by atoms with Gasteiger partial charge in [0.1, 0.15) is 0 Å². The lowest BCUT2D eigenvalue weighted by molar-refractivity contribution is 0.298. The van der Waals surface area contributed by atoms with Gasteiger partial charge in [-0.2, -0.15) is 0 Å². The highest BCUT2D eigenvalue weighted by atomic mass is 79.9. The molecule has 1 aromatic heterocycles. The number of rotatable bonds is 4. The van der Waals surface area contributed by atoms with Gasteiger partial charge in [0.15, 0.2) is 0 Å². The molecule has 4 heteroatoms. The molecule has 0 aliphatic rings. The fraction of sp³-hybridized carbons (Fsp3) is 0.250. The summed E-state index contributed by atoms with van der Waals surface area (Å²) in [6.45, 7) is 0.167. The second-order valence-electron chi connectivity index (χ2n) is 3.51. The number of nitrogens with zero attached hydrogens (tertiary/aromatic N) is 1. The lowest BCUT2D eigenvalue weighted by Crippen LogP contribution is -1.92. The highest BCUT2D eigenvalue weighted by Gasteiger charge is 2.03. The summed E-state index contributed by atoms with van der Waals surface area (Å²) in [5.74, 6) is 0. The normalized spacial score (nSPS) is 10.6. The van der Waals surface area contributed by atoms with E-state index in [-0.39, 0.29) is 6.61 Å². The summed E-state index contributed by atoms with van der Waals surface area (Å²) < 4.78 is 1.09. The molecule has 0 aliphatic carbocycles. The Morgan fingerprint density at radius 3 is 3.00 bits per heavy atom. The van der Waals surface area contributed by atoms with E-state index in [4.69, 9.17) is 5.11 Å². The maximum absolute atomic E-state index is 8.81. The molecule has 0 spiro atoms. The van der Waals surface area contributed by atoms with Gasteiger partial charge in [0, 0.05) is 29.3 Å². The Labute approximate surface area is 107 Å². The Morgan fingerprint density at radius 2 is 2.25 bits per heavy atom. The molecule has 0 fully saturated rings. The molecule has 2 aromatic rings. The second-order valence-corrected chi connectivity index (χ2v) is 5.37. The van der Waals surface area contributed by atoms with Crippen molar-refractivity contribution in [2.45, 2.75) is 12.8 Å². The van der Waals surface area contributed by atoms with Crippen LogP contribution in [0.4, 0.5) is 0 Å². The fourth-order valence-electron chi connectivity index (χ4n) is 1.48. The summed E-state index contributed by atoms with van der Waals surface area (Å²) in [6.07, 6.45) is 1.50. The van der Waals surface area contributed by atoms with Crippen LogP contribution >= 0.6 is 27.3 Å². The van der Waals surface area contributed by atoms with Crippen molar-refractivity contribution in [3.8, 4) is 0 Å². The van der Waals surface area contributed by atoms with Gasteiger partial charge in [-0.1, -0.05) is 28.1 Å². The van der Waals surface area contributed by atoms with Crippen molar-refractivity contribution in [3.63, 3.8) is 0 Å². The first-order chi connectivity index (χ1) is 7.78. The van der Waals surface area contributed by atoms with E-state index >= 15 is 0 Å². The van der Waals surface area contributed by atoms with E-state index in [1.165, 1.54) is 5.56 Å². The Morgan fingerprint density at radius 1 is 1.38 bits per heavy atom. The van der Waals surface area contributed by atoms with E-state index in [9.17, 15) is 0 Å². The number of thiazole rings is 1. The zero-order valence-corrected chi connectivity index (χ0v) is 11.1. The molecule has 0 atom stereocenters. The minimum Gasteiger partial charge on any atom is -0.396 e. The van der Waals surface area contributed by atoms with Crippen LogP contribution in [0.2, 0.25) is 0 Å². The number of aliphatic hydroxyl groups excluding tert-OH is 1. The van der Waals surface area contributed by atoms with Crippen LogP contribution in [0, 0.1) is 0 Å². The molecule has 0 saturated carbocycles. The Hall–Kier alpha value is -0.710. The SMILES string of the molecule is OCCc1csc(Cc2cccc(Br)c2)n1. The number of aromatic nitrogens is 1. The third-order valence-corrected chi connectivity index (χ3v) is 3.60. The molecular formula is C12H12BrNOS. The lowest BCUT2D eigenvalue weighted by atomic mass is 10.2. The molecule has 0 aliphatic heterocycles. The molecular weight excluding hydrogens is 286 g/mol. The summed E-state index contributed by atoms with van der Waals surface area (Å²) in [4.78, 5) is 4.47. The average Bonchev–Trinajstić information content (AvgIpc) is 2.66. The quantitative estimate of drug-likeness (QED) is 0.941. The zero-order valence-electron chi connectivity index (χ0n) is 8.69. The van der Waals surface area contributed by atoms with Crippen LogP contribution in [-0.4, -0.2) is 16.7 Å². The summed E-state index contributed by atoms with van der Waals surface area (Å²) >= 11 is 5.11. The van der Waals surface area contributed by atoms with E-state index in [2.05, 4.69) is 33.0 Å². The molecule has 1 N–H and O–H groups in total. The average molecular weight is 298 g/mol. The predicted octanol–water partition coefficient (Wildman–Crippen LogP) is 3.03. The second kappa shape index (κ2) is 5.57. The number of halogens is 1. The van der Waals surface area contributed by atoms with Crippen LogP contribution in [0.5, 0.6) is 0 Å². The molecule has 2 nitrogen and oxygen atoms in total. The zero-order chi connectivity index (χ0) is 11.4. The van der Waals surface area contributed by atoms with Crippen LogP contribution in [0.3, 0.4) is 0 Å².